The summed E-state index contributed by atoms with van der Waals surface area (Å²) in [4.78, 5) is 0. The molecule has 0 aliphatic carbocycles. The lowest BCUT2D eigenvalue weighted by atomic mass is 11.0. The first-order valence-electron chi connectivity index (χ1n) is 1.01. The molecule has 0 aliphatic rings. The summed E-state index contributed by atoms with van der Waals surface area (Å²) >= 11 is 5.52. The lowest BCUT2D eigenvalue weighted by molar-refractivity contribution is 1.51. The first-order chi connectivity index (χ1) is 1.73. The Hall–Kier alpha value is 1.21. The maximum atomic E-state index is 3.26. The Morgan fingerprint density at radius 2 is 2.00 bits per heavy atom. The fourth-order valence-corrected chi connectivity index (χ4v) is 0. The van der Waals surface area contributed by atoms with Gasteiger partial charge in [-0.25, -0.2) is 0 Å². The van der Waals surface area contributed by atoms with E-state index in [1.54, 1.807) is 0 Å². The molecule has 0 heterocycles. The quantitative estimate of drug-likeness (QED) is 0.445. The van der Waals surface area contributed by atoms with Crippen LogP contribution in [0.4, 0.5) is 0 Å². The van der Waals surface area contributed by atoms with Crippen LogP contribution in [0.25, 0.3) is 0 Å². The molecule has 0 rings (SSSR count). The molecule has 0 aromatic heterocycles. The number of alkyl halides is 2. The molecule has 0 radical (unpaired) electrons. The van der Waals surface area contributed by atoms with E-state index in [0.717, 1.165) is 0 Å². The van der Waals surface area contributed by atoms with Crippen molar-refractivity contribution in [3.05, 3.63) is 0 Å². The van der Waals surface area contributed by atoms with Gasteiger partial charge in [0.05, 0.1) is 2.83 Å². The molecule has 0 aliphatic heterocycles. The standard InChI is InChI=1S/C2H4BrI/c1-2(3)4/h2H,1H3/t2-/m0/s1. The second-order valence-corrected chi connectivity index (χ2v) is 5.47. The molecule has 0 N–H and O–H groups in total. The molecular formula is C2H4BrI. The summed E-state index contributed by atoms with van der Waals surface area (Å²) in [5, 5.41) is 0. The van der Waals surface area contributed by atoms with E-state index < -0.39 is 0 Å². The third kappa shape index (κ3) is 10.7. The number of hydrogen-bond acceptors (Lipinski definition) is 0. The molecule has 0 fully saturated rings. The van der Waals surface area contributed by atoms with Gasteiger partial charge in [-0.05, 0) is 6.92 Å². The van der Waals surface area contributed by atoms with E-state index in [4.69, 9.17) is 0 Å². The maximum absolute atomic E-state index is 3.26. The first kappa shape index (κ1) is 5.21. The second kappa shape index (κ2) is 2.45. The van der Waals surface area contributed by atoms with Crippen LogP contribution in [0.1, 0.15) is 6.92 Å². The van der Waals surface area contributed by atoms with Crippen molar-refractivity contribution >= 4 is 38.5 Å². The van der Waals surface area contributed by atoms with E-state index in [9.17, 15) is 0 Å². The Balaban J connectivity index is 2.32. The van der Waals surface area contributed by atoms with E-state index in [-0.39, 0.29) is 0 Å². The van der Waals surface area contributed by atoms with Crippen LogP contribution in [0.5, 0.6) is 0 Å². The van der Waals surface area contributed by atoms with Crippen molar-refractivity contribution in [3.63, 3.8) is 0 Å². The van der Waals surface area contributed by atoms with Gasteiger partial charge in [0.25, 0.3) is 0 Å². The fourth-order valence-electron chi connectivity index (χ4n) is 0. The summed E-state index contributed by atoms with van der Waals surface area (Å²) in [5.74, 6) is 0. The van der Waals surface area contributed by atoms with E-state index in [1.165, 1.54) is 0 Å². The summed E-state index contributed by atoms with van der Waals surface area (Å²) in [5.41, 5.74) is 0. The zero-order chi connectivity index (χ0) is 3.58. The topological polar surface area (TPSA) is 0 Å². The first-order valence-corrected chi connectivity index (χ1v) is 3.18. The van der Waals surface area contributed by atoms with E-state index >= 15 is 0 Å². The average Bonchev–Trinajstić information content (AvgIpc) is 0.811. The van der Waals surface area contributed by atoms with Crippen LogP contribution < -0.4 is 0 Å². The summed E-state index contributed by atoms with van der Waals surface area (Å²) < 4.78 is 0.616. The van der Waals surface area contributed by atoms with Crippen LogP contribution in [0, 0.1) is 0 Å². The van der Waals surface area contributed by atoms with Crippen molar-refractivity contribution < 1.29 is 0 Å². The summed E-state index contributed by atoms with van der Waals surface area (Å²) in [6.45, 7) is 2.07. The van der Waals surface area contributed by atoms with Crippen molar-refractivity contribution in [1.29, 1.82) is 0 Å². The molecule has 0 saturated heterocycles. The predicted molar refractivity (Wildman–Crippen MR) is 32.4 cm³/mol. The number of rotatable bonds is 0. The normalized spacial score (nSPS) is 15.8. The van der Waals surface area contributed by atoms with E-state index in [0.29, 0.717) is 2.83 Å². The van der Waals surface area contributed by atoms with Gasteiger partial charge >= 0.3 is 0 Å². The third-order valence-corrected chi connectivity index (χ3v) is 0. The molecule has 4 heavy (non-hydrogen) atoms. The zero-order valence-corrected chi connectivity index (χ0v) is 6.08. The second-order valence-electron chi connectivity index (χ2n) is 0.519. The lowest BCUT2D eigenvalue weighted by Gasteiger charge is -1.73. The van der Waals surface area contributed by atoms with Gasteiger partial charge in [-0.2, -0.15) is 0 Å². The molecule has 0 amide bonds. The maximum Gasteiger partial charge on any atom is 0.0634 e. The largest absolute Gasteiger partial charge is 0.0778 e. The van der Waals surface area contributed by atoms with Crippen LogP contribution in [0.2, 0.25) is 0 Å². The van der Waals surface area contributed by atoms with Gasteiger partial charge in [0, 0.05) is 0 Å². The van der Waals surface area contributed by atoms with Crippen LogP contribution in [-0.4, -0.2) is 2.83 Å². The molecule has 0 saturated carbocycles. The van der Waals surface area contributed by atoms with Crippen LogP contribution in [0.3, 0.4) is 0 Å². The fraction of sp³-hybridized carbons (Fsp3) is 1.00. The van der Waals surface area contributed by atoms with Crippen molar-refractivity contribution in [2.45, 2.75) is 9.76 Å². The van der Waals surface area contributed by atoms with Crippen LogP contribution in [0.15, 0.2) is 0 Å². The summed E-state index contributed by atoms with van der Waals surface area (Å²) in [7, 11) is 0. The molecule has 26 valence electrons. The summed E-state index contributed by atoms with van der Waals surface area (Å²) in [6, 6.07) is 0. The van der Waals surface area contributed by atoms with Crippen molar-refractivity contribution in [2.24, 2.45) is 0 Å². The average molecular weight is 235 g/mol. The summed E-state index contributed by atoms with van der Waals surface area (Å²) in [6.07, 6.45) is 0. The highest BCUT2D eigenvalue weighted by atomic mass is 127. The van der Waals surface area contributed by atoms with Gasteiger partial charge in [0.2, 0.25) is 0 Å². The minimum absolute atomic E-state index is 0.616. The molecule has 0 bridgehead atoms. The molecule has 0 aromatic carbocycles. The highest BCUT2D eigenvalue weighted by Crippen LogP contribution is 2.04. The van der Waals surface area contributed by atoms with Crippen LogP contribution >= 0.6 is 38.5 Å². The minimum Gasteiger partial charge on any atom is -0.0778 e. The third-order valence-electron chi connectivity index (χ3n) is 0. The Bertz CT molecular complexity index is 10.8. The molecule has 0 nitrogen and oxygen atoms in total. The molecule has 0 unspecified atom stereocenters. The Kier molecular flexibility index (Phi) is 3.19. The smallest absolute Gasteiger partial charge is 0.0634 e. The number of hydrogen-bond donors (Lipinski definition) is 0. The van der Waals surface area contributed by atoms with Crippen molar-refractivity contribution in [3.8, 4) is 0 Å². The van der Waals surface area contributed by atoms with E-state index in [1.807, 2.05) is 0 Å². The van der Waals surface area contributed by atoms with Crippen LogP contribution in [-0.2, 0) is 0 Å². The van der Waals surface area contributed by atoms with Gasteiger partial charge in [-0.1, -0.05) is 38.5 Å². The number of halogens is 2. The van der Waals surface area contributed by atoms with Gasteiger partial charge in [-0.15, -0.1) is 0 Å². The monoisotopic (exact) mass is 234 g/mol. The molecule has 1 atom stereocenters. The molecule has 2 heteroatoms. The Labute approximate surface area is 48.2 Å². The predicted octanol–water partition coefficient (Wildman–Crippen LogP) is 2.16. The van der Waals surface area contributed by atoms with Gasteiger partial charge < -0.3 is 0 Å². The van der Waals surface area contributed by atoms with Gasteiger partial charge in [0.15, 0.2) is 0 Å². The van der Waals surface area contributed by atoms with Crippen molar-refractivity contribution in [1.82, 2.24) is 0 Å². The Morgan fingerprint density at radius 3 is 2.00 bits per heavy atom. The zero-order valence-electron chi connectivity index (χ0n) is 2.33. The van der Waals surface area contributed by atoms with E-state index in [2.05, 4.69) is 45.4 Å². The lowest BCUT2D eigenvalue weighted by Crippen LogP contribution is -1.59. The SMILES string of the molecule is C[C@@H](Br)I. The highest BCUT2D eigenvalue weighted by molar-refractivity contribution is 14.1. The minimum atomic E-state index is 0.616. The van der Waals surface area contributed by atoms with Crippen molar-refractivity contribution in [2.75, 3.05) is 0 Å². The Morgan fingerprint density at radius 1 is 2.00 bits per heavy atom. The van der Waals surface area contributed by atoms with Gasteiger partial charge in [0.1, 0.15) is 0 Å². The molecule has 0 spiro atoms. The van der Waals surface area contributed by atoms with Gasteiger partial charge in [-0.3, -0.25) is 0 Å². The highest BCUT2D eigenvalue weighted by Gasteiger charge is 1.73. The molecule has 0 aromatic rings. The molecular weight excluding hydrogens is 231 g/mol.